The van der Waals surface area contributed by atoms with Gasteiger partial charge in [0.1, 0.15) is 12.4 Å². The number of halogens is 2. The summed E-state index contributed by atoms with van der Waals surface area (Å²) in [4.78, 5) is 0. The molecule has 1 unspecified atom stereocenters. The first-order valence-corrected chi connectivity index (χ1v) is 5.50. The van der Waals surface area contributed by atoms with E-state index in [1.165, 1.54) is 6.07 Å². The second kappa shape index (κ2) is 5.93. The third-order valence-electron chi connectivity index (χ3n) is 2.56. The Bertz CT molecular complexity index is 358. The maximum Gasteiger partial charge on any atom is 0.282 e. The lowest BCUT2D eigenvalue weighted by molar-refractivity contribution is -0.0495. The van der Waals surface area contributed by atoms with Gasteiger partial charge in [0.2, 0.25) is 0 Å². The fourth-order valence-electron chi connectivity index (χ4n) is 1.58. The van der Waals surface area contributed by atoms with E-state index in [2.05, 4.69) is 5.32 Å². The average molecular weight is 245 g/mol. The van der Waals surface area contributed by atoms with Crippen molar-refractivity contribution in [3.8, 4) is 5.75 Å². The predicted molar refractivity (Wildman–Crippen MR) is 61.2 cm³/mol. The summed E-state index contributed by atoms with van der Waals surface area (Å²) in [7, 11) is 0. The zero-order chi connectivity index (χ0) is 12.9. The van der Waals surface area contributed by atoms with Crippen LogP contribution in [0.2, 0.25) is 0 Å². The lowest BCUT2D eigenvalue weighted by Gasteiger charge is -2.21. The molecule has 96 valence electrons. The predicted octanol–water partition coefficient (Wildman–Crippen LogP) is 2.06. The maximum absolute atomic E-state index is 12.9. The Balaban J connectivity index is 2.70. The van der Waals surface area contributed by atoms with Crippen molar-refractivity contribution in [1.82, 2.24) is 5.32 Å². The molecule has 0 fully saturated rings. The standard InChI is InChI=1S/C12H17F2NO2/c1-2-10(15-7-12(13,14)8-16)9-5-3-4-6-11(9)17/h3-6,10,15-17H,2,7-8H2,1H3. The molecule has 1 atom stereocenters. The summed E-state index contributed by atoms with van der Waals surface area (Å²) in [6, 6.07) is 6.27. The smallest absolute Gasteiger partial charge is 0.282 e. The number of benzene rings is 1. The van der Waals surface area contributed by atoms with Crippen molar-refractivity contribution in [2.75, 3.05) is 13.2 Å². The largest absolute Gasteiger partial charge is 0.508 e. The molecule has 3 N–H and O–H groups in total. The van der Waals surface area contributed by atoms with Crippen LogP contribution in [0, 0.1) is 0 Å². The van der Waals surface area contributed by atoms with Gasteiger partial charge < -0.3 is 15.5 Å². The number of para-hydroxylation sites is 1. The second-order valence-electron chi connectivity index (χ2n) is 3.91. The van der Waals surface area contributed by atoms with Crippen molar-refractivity contribution >= 4 is 0 Å². The molecule has 0 saturated heterocycles. The monoisotopic (exact) mass is 245 g/mol. The van der Waals surface area contributed by atoms with Gasteiger partial charge in [-0.1, -0.05) is 25.1 Å². The van der Waals surface area contributed by atoms with Crippen LogP contribution in [0.5, 0.6) is 5.75 Å². The highest BCUT2D eigenvalue weighted by atomic mass is 19.3. The molecule has 0 aliphatic rings. The third-order valence-corrected chi connectivity index (χ3v) is 2.56. The Morgan fingerprint density at radius 3 is 2.53 bits per heavy atom. The molecule has 0 amide bonds. The summed E-state index contributed by atoms with van der Waals surface area (Å²) in [6.45, 7) is 0.0365. The normalized spacial score (nSPS) is 13.6. The maximum atomic E-state index is 12.9. The van der Waals surface area contributed by atoms with E-state index in [4.69, 9.17) is 5.11 Å². The van der Waals surface area contributed by atoms with Crippen molar-refractivity contribution in [3.63, 3.8) is 0 Å². The zero-order valence-electron chi connectivity index (χ0n) is 9.66. The molecular formula is C12H17F2NO2. The summed E-state index contributed by atoms with van der Waals surface area (Å²) in [5.41, 5.74) is 0.587. The van der Waals surface area contributed by atoms with Crippen molar-refractivity contribution in [2.45, 2.75) is 25.3 Å². The van der Waals surface area contributed by atoms with Crippen molar-refractivity contribution in [3.05, 3.63) is 29.8 Å². The van der Waals surface area contributed by atoms with Gasteiger partial charge in [-0.15, -0.1) is 0 Å². The molecular weight excluding hydrogens is 228 g/mol. The summed E-state index contributed by atoms with van der Waals surface area (Å²) in [6.07, 6.45) is 0.569. The third kappa shape index (κ3) is 3.94. The van der Waals surface area contributed by atoms with Crippen LogP contribution in [0.15, 0.2) is 24.3 Å². The van der Waals surface area contributed by atoms with Crippen LogP contribution in [-0.2, 0) is 0 Å². The minimum absolute atomic E-state index is 0.0826. The summed E-state index contributed by atoms with van der Waals surface area (Å²) in [5, 5.41) is 20.7. The molecule has 0 bridgehead atoms. The van der Waals surface area contributed by atoms with Gasteiger partial charge in [-0.25, -0.2) is 8.78 Å². The summed E-state index contributed by atoms with van der Waals surface area (Å²) >= 11 is 0. The first-order chi connectivity index (χ1) is 8.00. The number of phenols is 1. The Morgan fingerprint density at radius 2 is 2.00 bits per heavy atom. The van der Waals surface area contributed by atoms with Gasteiger partial charge >= 0.3 is 0 Å². The van der Waals surface area contributed by atoms with Crippen molar-refractivity contribution in [1.29, 1.82) is 0 Å². The fraction of sp³-hybridized carbons (Fsp3) is 0.500. The summed E-state index contributed by atoms with van der Waals surface area (Å²) < 4.78 is 25.8. The highest BCUT2D eigenvalue weighted by Crippen LogP contribution is 2.26. The zero-order valence-corrected chi connectivity index (χ0v) is 9.66. The molecule has 0 aromatic heterocycles. The Kier molecular flexibility index (Phi) is 4.84. The lowest BCUT2D eigenvalue weighted by atomic mass is 10.0. The van der Waals surface area contributed by atoms with Crippen molar-refractivity contribution < 1.29 is 19.0 Å². The van der Waals surface area contributed by atoms with Crippen molar-refractivity contribution in [2.24, 2.45) is 0 Å². The van der Waals surface area contributed by atoms with E-state index in [0.29, 0.717) is 12.0 Å². The van der Waals surface area contributed by atoms with Crippen LogP contribution in [0.3, 0.4) is 0 Å². The van der Waals surface area contributed by atoms with Crippen LogP contribution in [0.1, 0.15) is 24.9 Å². The number of aromatic hydroxyl groups is 1. The minimum atomic E-state index is -3.14. The quantitative estimate of drug-likeness (QED) is 0.719. The molecule has 0 aliphatic heterocycles. The van der Waals surface area contributed by atoms with Gasteiger partial charge in [-0.3, -0.25) is 0 Å². The molecule has 0 heterocycles. The Hall–Kier alpha value is -1.20. The van der Waals surface area contributed by atoms with Gasteiger partial charge in [-0.2, -0.15) is 0 Å². The lowest BCUT2D eigenvalue weighted by Crippen LogP contribution is -2.37. The van der Waals surface area contributed by atoms with E-state index in [1.54, 1.807) is 18.2 Å². The number of nitrogens with one attached hydrogen (secondary N) is 1. The number of hydrogen-bond acceptors (Lipinski definition) is 3. The van der Waals surface area contributed by atoms with Crippen LogP contribution < -0.4 is 5.32 Å². The molecule has 0 aliphatic carbocycles. The Labute approximate surface area is 99.1 Å². The molecule has 0 saturated carbocycles. The molecule has 1 aromatic rings. The summed E-state index contributed by atoms with van der Waals surface area (Å²) in [5.74, 6) is -3.06. The van der Waals surface area contributed by atoms with Gasteiger partial charge in [0.15, 0.2) is 0 Å². The molecule has 0 spiro atoms. The van der Waals surface area contributed by atoms with Gasteiger partial charge in [0.25, 0.3) is 5.92 Å². The first kappa shape index (κ1) is 13.9. The molecule has 0 radical (unpaired) electrons. The van der Waals surface area contributed by atoms with Gasteiger partial charge in [0, 0.05) is 11.6 Å². The SMILES string of the molecule is CCC(NCC(F)(F)CO)c1ccccc1O. The number of aliphatic hydroxyl groups excluding tert-OH is 1. The average Bonchev–Trinajstić information content (AvgIpc) is 2.32. The van der Waals surface area contributed by atoms with E-state index in [9.17, 15) is 13.9 Å². The first-order valence-electron chi connectivity index (χ1n) is 5.50. The number of aliphatic hydroxyl groups is 1. The molecule has 5 heteroatoms. The van der Waals surface area contributed by atoms with E-state index in [0.717, 1.165) is 0 Å². The molecule has 17 heavy (non-hydrogen) atoms. The second-order valence-corrected chi connectivity index (χ2v) is 3.91. The van der Waals surface area contributed by atoms with Crippen LogP contribution in [0.4, 0.5) is 8.78 Å². The van der Waals surface area contributed by atoms with Crippen LogP contribution >= 0.6 is 0 Å². The molecule has 3 nitrogen and oxygen atoms in total. The van der Waals surface area contributed by atoms with E-state index in [1.807, 2.05) is 6.92 Å². The molecule has 1 aromatic carbocycles. The molecule has 1 rings (SSSR count). The number of hydrogen-bond donors (Lipinski definition) is 3. The number of phenolic OH excluding ortho intramolecular Hbond substituents is 1. The highest BCUT2D eigenvalue weighted by molar-refractivity contribution is 5.34. The number of alkyl halides is 2. The van der Waals surface area contributed by atoms with Gasteiger partial charge in [0.05, 0.1) is 6.54 Å². The van der Waals surface area contributed by atoms with Crippen LogP contribution in [-0.4, -0.2) is 29.3 Å². The van der Waals surface area contributed by atoms with Gasteiger partial charge in [-0.05, 0) is 12.5 Å². The van der Waals surface area contributed by atoms with E-state index < -0.39 is 19.1 Å². The van der Waals surface area contributed by atoms with E-state index in [-0.39, 0.29) is 11.8 Å². The highest BCUT2D eigenvalue weighted by Gasteiger charge is 2.28. The van der Waals surface area contributed by atoms with Crippen LogP contribution in [0.25, 0.3) is 0 Å². The fourth-order valence-corrected chi connectivity index (χ4v) is 1.58. The topological polar surface area (TPSA) is 52.5 Å². The Morgan fingerprint density at radius 1 is 1.35 bits per heavy atom. The van der Waals surface area contributed by atoms with E-state index >= 15 is 0 Å². The minimum Gasteiger partial charge on any atom is -0.508 e. The number of rotatable bonds is 6.